The first-order valence-corrected chi connectivity index (χ1v) is 7.41. The number of rotatable bonds is 4. The molecular weight excluding hydrogens is 308 g/mol. The molecule has 0 fully saturated rings. The normalized spacial score (nSPS) is 10.6. The molecule has 2 aromatic heterocycles. The molecule has 0 spiro atoms. The average Bonchev–Trinajstić information content (AvgIpc) is 2.96. The van der Waals surface area contributed by atoms with Crippen LogP contribution in [-0.2, 0) is 6.61 Å². The summed E-state index contributed by atoms with van der Waals surface area (Å²) in [6, 6.07) is 9.36. The zero-order valence-corrected chi connectivity index (χ0v) is 12.4. The number of nitrogens with one attached hydrogen (secondary N) is 1. The number of hydrogen-bond acceptors (Lipinski definition) is 6. The SMILES string of the molecule is OCc1ccc(-c2csc(Nc3ccnc(Cl)n3)n2)cc1. The van der Waals surface area contributed by atoms with E-state index in [1.165, 1.54) is 11.3 Å². The number of aliphatic hydroxyl groups excluding tert-OH is 1. The van der Waals surface area contributed by atoms with Crippen molar-refractivity contribution in [1.82, 2.24) is 15.0 Å². The van der Waals surface area contributed by atoms with E-state index in [4.69, 9.17) is 16.7 Å². The molecule has 3 aromatic rings. The third kappa shape index (κ3) is 3.36. The van der Waals surface area contributed by atoms with Crippen molar-refractivity contribution in [2.24, 2.45) is 0 Å². The van der Waals surface area contributed by atoms with Crippen LogP contribution in [0.5, 0.6) is 0 Å². The van der Waals surface area contributed by atoms with Crippen LogP contribution in [0.15, 0.2) is 41.9 Å². The van der Waals surface area contributed by atoms with Gasteiger partial charge in [-0.2, -0.15) is 0 Å². The van der Waals surface area contributed by atoms with Gasteiger partial charge in [0.1, 0.15) is 5.82 Å². The van der Waals surface area contributed by atoms with Crippen molar-refractivity contribution in [3.63, 3.8) is 0 Å². The van der Waals surface area contributed by atoms with Crippen LogP contribution < -0.4 is 5.32 Å². The summed E-state index contributed by atoms with van der Waals surface area (Å²) in [5.74, 6) is 0.603. The first-order valence-electron chi connectivity index (χ1n) is 6.16. The van der Waals surface area contributed by atoms with Crippen molar-refractivity contribution in [1.29, 1.82) is 0 Å². The third-order valence-corrected chi connectivity index (χ3v) is 3.74. The lowest BCUT2D eigenvalue weighted by Gasteiger charge is -2.01. The van der Waals surface area contributed by atoms with Crippen molar-refractivity contribution in [2.45, 2.75) is 6.61 Å². The molecular formula is C14H11ClN4OS. The maximum absolute atomic E-state index is 9.04. The summed E-state index contributed by atoms with van der Waals surface area (Å²) in [4.78, 5) is 12.4. The second-order valence-corrected chi connectivity index (χ2v) is 5.43. The minimum atomic E-state index is 0.0403. The molecule has 5 nitrogen and oxygen atoms in total. The lowest BCUT2D eigenvalue weighted by Crippen LogP contribution is -1.94. The highest BCUT2D eigenvalue weighted by Crippen LogP contribution is 2.27. The van der Waals surface area contributed by atoms with E-state index in [2.05, 4.69) is 20.3 Å². The van der Waals surface area contributed by atoms with Crippen LogP contribution in [0.2, 0.25) is 5.28 Å². The van der Waals surface area contributed by atoms with Crippen molar-refractivity contribution in [3.8, 4) is 11.3 Å². The molecule has 0 aliphatic heterocycles. The summed E-state index contributed by atoms with van der Waals surface area (Å²) in [6.45, 7) is 0.0403. The highest BCUT2D eigenvalue weighted by molar-refractivity contribution is 7.14. The van der Waals surface area contributed by atoms with E-state index >= 15 is 0 Å². The molecule has 0 aliphatic rings. The number of halogens is 1. The Morgan fingerprint density at radius 2 is 1.95 bits per heavy atom. The van der Waals surface area contributed by atoms with E-state index in [-0.39, 0.29) is 11.9 Å². The van der Waals surface area contributed by atoms with Gasteiger partial charge >= 0.3 is 0 Å². The molecule has 0 bridgehead atoms. The number of hydrogen-bond donors (Lipinski definition) is 2. The second-order valence-electron chi connectivity index (χ2n) is 4.23. The molecule has 2 heterocycles. The molecule has 0 aliphatic carbocycles. The van der Waals surface area contributed by atoms with Gasteiger partial charge in [0.25, 0.3) is 0 Å². The monoisotopic (exact) mass is 318 g/mol. The quantitative estimate of drug-likeness (QED) is 0.721. The van der Waals surface area contributed by atoms with Gasteiger partial charge in [-0.3, -0.25) is 0 Å². The van der Waals surface area contributed by atoms with Crippen molar-refractivity contribution < 1.29 is 5.11 Å². The van der Waals surface area contributed by atoms with Crippen molar-refractivity contribution in [2.75, 3.05) is 5.32 Å². The minimum absolute atomic E-state index is 0.0403. The molecule has 0 unspecified atom stereocenters. The van der Waals surface area contributed by atoms with Crippen LogP contribution in [0.1, 0.15) is 5.56 Å². The highest BCUT2D eigenvalue weighted by atomic mass is 35.5. The summed E-state index contributed by atoms with van der Waals surface area (Å²) in [7, 11) is 0. The Bertz CT molecular complexity index is 745. The Morgan fingerprint density at radius 3 is 2.67 bits per heavy atom. The summed E-state index contributed by atoms with van der Waals surface area (Å²) in [5, 5.41) is 15.0. The third-order valence-electron chi connectivity index (χ3n) is 2.80. The van der Waals surface area contributed by atoms with Crippen LogP contribution in [0, 0.1) is 0 Å². The number of benzene rings is 1. The Hall–Kier alpha value is -2.02. The fraction of sp³-hybridized carbons (Fsp3) is 0.0714. The zero-order valence-electron chi connectivity index (χ0n) is 10.8. The fourth-order valence-electron chi connectivity index (χ4n) is 1.76. The molecule has 0 atom stereocenters. The van der Waals surface area contributed by atoms with Crippen LogP contribution >= 0.6 is 22.9 Å². The minimum Gasteiger partial charge on any atom is -0.392 e. The van der Waals surface area contributed by atoms with E-state index in [0.29, 0.717) is 5.82 Å². The summed E-state index contributed by atoms with van der Waals surface area (Å²) >= 11 is 7.22. The molecule has 0 amide bonds. The van der Waals surface area contributed by atoms with Gasteiger partial charge in [0.15, 0.2) is 5.13 Å². The number of aromatic nitrogens is 3. The Morgan fingerprint density at radius 1 is 1.14 bits per heavy atom. The second kappa shape index (κ2) is 6.17. The van der Waals surface area contributed by atoms with Gasteiger partial charge in [0.2, 0.25) is 5.28 Å². The number of thiazole rings is 1. The van der Waals surface area contributed by atoms with Crippen molar-refractivity contribution in [3.05, 3.63) is 52.8 Å². The Kier molecular flexibility index (Phi) is 4.10. The molecule has 2 N–H and O–H groups in total. The Balaban J connectivity index is 1.79. The molecule has 106 valence electrons. The van der Waals surface area contributed by atoms with E-state index in [9.17, 15) is 0 Å². The molecule has 0 saturated carbocycles. The van der Waals surface area contributed by atoms with Gasteiger partial charge in [-0.05, 0) is 23.2 Å². The lowest BCUT2D eigenvalue weighted by atomic mass is 10.1. The number of nitrogens with zero attached hydrogens (tertiary/aromatic N) is 3. The van der Waals surface area contributed by atoms with Crippen LogP contribution in [0.3, 0.4) is 0 Å². The first-order chi connectivity index (χ1) is 10.2. The molecule has 3 rings (SSSR count). The van der Waals surface area contributed by atoms with E-state index in [0.717, 1.165) is 22.0 Å². The van der Waals surface area contributed by atoms with Gasteiger partial charge in [-0.25, -0.2) is 15.0 Å². The van der Waals surface area contributed by atoms with Gasteiger partial charge in [0, 0.05) is 17.1 Å². The molecule has 21 heavy (non-hydrogen) atoms. The number of anilines is 2. The van der Waals surface area contributed by atoms with E-state index < -0.39 is 0 Å². The summed E-state index contributed by atoms with van der Waals surface area (Å²) in [6.07, 6.45) is 1.58. The van der Waals surface area contributed by atoms with E-state index in [1.54, 1.807) is 12.3 Å². The molecule has 7 heteroatoms. The molecule has 1 aromatic carbocycles. The maximum Gasteiger partial charge on any atom is 0.224 e. The van der Waals surface area contributed by atoms with Crippen LogP contribution in [0.4, 0.5) is 10.9 Å². The Labute approximate surface area is 130 Å². The van der Waals surface area contributed by atoms with Crippen LogP contribution in [0.25, 0.3) is 11.3 Å². The highest BCUT2D eigenvalue weighted by Gasteiger charge is 2.06. The standard InChI is InChI=1S/C14H11ClN4OS/c15-13-16-6-5-12(18-13)19-14-17-11(8-21-14)10-3-1-9(7-20)2-4-10/h1-6,8,20H,7H2,(H,16,17,18,19). The predicted molar refractivity (Wildman–Crippen MR) is 83.8 cm³/mol. The largest absolute Gasteiger partial charge is 0.392 e. The topological polar surface area (TPSA) is 70.9 Å². The van der Waals surface area contributed by atoms with Gasteiger partial charge < -0.3 is 10.4 Å². The maximum atomic E-state index is 9.04. The smallest absolute Gasteiger partial charge is 0.224 e. The fourth-order valence-corrected chi connectivity index (χ4v) is 2.63. The molecule has 0 saturated heterocycles. The average molecular weight is 319 g/mol. The van der Waals surface area contributed by atoms with Crippen LogP contribution in [-0.4, -0.2) is 20.1 Å². The predicted octanol–water partition coefficient (Wildman–Crippen LogP) is 3.49. The van der Waals surface area contributed by atoms with Gasteiger partial charge in [0.05, 0.1) is 12.3 Å². The van der Waals surface area contributed by atoms with Gasteiger partial charge in [-0.1, -0.05) is 24.3 Å². The number of aliphatic hydroxyl groups is 1. The van der Waals surface area contributed by atoms with Crippen molar-refractivity contribution >= 4 is 33.9 Å². The first kappa shape index (κ1) is 13.9. The zero-order chi connectivity index (χ0) is 14.7. The van der Waals surface area contributed by atoms with Gasteiger partial charge in [-0.15, -0.1) is 11.3 Å². The summed E-state index contributed by atoms with van der Waals surface area (Å²) in [5.41, 5.74) is 2.74. The lowest BCUT2D eigenvalue weighted by molar-refractivity contribution is 0.282. The van der Waals surface area contributed by atoms with E-state index in [1.807, 2.05) is 29.6 Å². The summed E-state index contributed by atoms with van der Waals surface area (Å²) < 4.78 is 0. The molecule has 0 radical (unpaired) electrons.